The third-order valence-corrected chi connectivity index (χ3v) is 5.92. The lowest BCUT2D eigenvalue weighted by molar-refractivity contribution is -0.297. The van der Waals surface area contributed by atoms with Crippen LogP contribution in [-0.2, 0) is 14.9 Å². The van der Waals surface area contributed by atoms with Gasteiger partial charge in [-0.05, 0) is 16.7 Å². The summed E-state index contributed by atoms with van der Waals surface area (Å²) in [6.45, 7) is 0. The van der Waals surface area contributed by atoms with Crippen LogP contribution in [0.1, 0.15) is 16.7 Å². The van der Waals surface area contributed by atoms with Crippen LogP contribution >= 0.6 is 0 Å². The molecule has 0 saturated carbocycles. The number of hydrogen-bond donors (Lipinski definition) is 3. The number of benzene rings is 3. The van der Waals surface area contributed by atoms with Gasteiger partial charge in [0, 0.05) is 7.11 Å². The van der Waals surface area contributed by atoms with Gasteiger partial charge in [-0.2, -0.15) is 0 Å². The Morgan fingerprint density at radius 2 is 1.03 bits per heavy atom. The van der Waals surface area contributed by atoms with E-state index in [1.54, 1.807) is 0 Å². The molecule has 3 aromatic carbocycles. The number of methoxy groups -OCH3 is 1. The summed E-state index contributed by atoms with van der Waals surface area (Å²) in [7, 11) is 1.41. The maximum atomic E-state index is 11.2. The highest BCUT2D eigenvalue weighted by Gasteiger charge is 2.55. The van der Waals surface area contributed by atoms with Gasteiger partial charge in [0.2, 0.25) is 0 Å². The van der Waals surface area contributed by atoms with Crippen molar-refractivity contribution in [2.75, 3.05) is 7.11 Å². The predicted octanol–water partition coefficient (Wildman–Crippen LogP) is 2.48. The summed E-state index contributed by atoms with van der Waals surface area (Å²) >= 11 is 0. The molecule has 30 heavy (non-hydrogen) atoms. The van der Waals surface area contributed by atoms with Crippen LogP contribution in [-0.4, -0.2) is 53.1 Å². The van der Waals surface area contributed by atoms with Gasteiger partial charge in [-0.25, -0.2) is 0 Å². The second kappa shape index (κ2) is 8.68. The van der Waals surface area contributed by atoms with Gasteiger partial charge in [0.1, 0.15) is 24.4 Å². The molecule has 1 saturated heterocycles. The van der Waals surface area contributed by atoms with Gasteiger partial charge < -0.3 is 24.8 Å². The maximum absolute atomic E-state index is 11.2. The molecule has 0 spiro atoms. The third kappa shape index (κ3) is 3.35. The van der Waals surface area contributed by atoms with Gasteiger partial charge in [-0.15, -0.1) is 0 Å². The fourth-order valence-corrected chi connectivity index (χ4v) is 4.50. The quantitative estimate of drug-likeness (QED) is 0.568. The van der Waals surface area contributed by atoms with Crippen LogP contribution in [0.2, 0.25) is 0 Å². The standard InChI is InChI=1S/C25H26O5/c1-29-24-22(28)20(26)21(27)23(30-24)25(17-11-5-2-6-12-17,18-13-7-3-8-14-18)19-15-9-4-10-16-19/h2-16,20-24,26-28H,1H3/t20-,21+,22+,23?,24+/m1/s1. The van der Waals surface area contributed by atoms with Gasteiger partial charge in [-0.1, -0.05) is 91.0 Å². The summed E-state index contributed by atoms with van der Waals surface area (Å²) in [5.74, 6) is 0. The topological polar surface area (TPSA) is 79.2 Å². The van der Waals surface area contributed by atoms with Crippen molar-refractivity contribution in [2.45, 2.75) is 36.1 Å². The zero-order valence-electron chi connectivity index (χ0n) is 16.7. The van der Waals surface area contributed by atoms with Crippen LogP contribution in [0, 0.1) is 0 Å². The maximum Gasteiger partial charge on any atom is 0.186 e. The summed E-state index contributed by atoms with van der Waals surface area (Å²) < 4.78 is 11.5. The zero-order chi connectivity index (χ0) is 21.1. The first-order valence-corrected chi connectivity index (χ1v) is 9.99. The Balaban J connectivity index is 2.03. The Morgan fingerprint density at radius 3 is 1.40 bits per heavy atom. The Kier molecular flexibility index (Phi) is 5.99. The van der Waals surface area contributed by atoms with Crippen molar-refractivity contribution in [2.24, 2.45) is 0 Å². The van der Waals surface area contributed by atoms with Gasteiger partial charge in [-0.3, -0.25) is 0 Å². The van der Waals surface area contributed by atoms with Crippen molar-refractivity contribution in [3.63, 3.8) is 0 Å². The van der Waals surface area contributed by atoms with Crippen molar-refractivity contribution in [3.8, 4) is 0 Å². The van der Waals surface area contributed by atoms with E-state index in [1.807, 2.05) is 91.0 Å². The lowest BCUT2D eigenvalue weighted by Crippen LogP contribution is -2.64. The molecule has 0 aromatic heterocycles. The molecule has 5 nitrogen and oxygen atoms in total. The third-order valence-electron chi connectivity index (χ3n) is 5.92. The number of ether oxygens (including phenoxy) is 2. The van der Waals surface area contributed by atoms with E-state index in [0.717, 1.165) is 16.7 Å². The Labute approximate surface area is 176 Å². The zero-order valence-corrected chi connectivity index (χ0v) is 16.7. The molecule has 4 rings (SSSR count). The monoisotopic (exact) mass is 406 g/mol. The van der Waals surface area contributed by atoms with Gasteiger partial charge in [0.05, 0.1) is 5.41 Å². The van der Waals surface area contributed by atoms with E-state index in [0.29, 0.717) is 0 Å². The molecule has 5 atom stereocenters. The normalized spacial score (nSPS) is 27.0. The molecule has 0 aliphatic carbocycles. The molecule has 1 heterocycles. The van der Waals surface area contributed by atoms with E-state index < -0.39 is 36.1 Å². The molecule has 0 radical (unpaired) electrons. The average molecular weight is 406 g/mol. The summed E-state index contributed by atoms with van der Waals surface area (Å²) in [5.41, 5.74) is 1.72. The lowest BCUT2D eigenvalue weighted by atomic mass is 9.63. The van der Waals surface area contributed by atoms with Crippen LogP contribution in [0.5, 0.6) is 0 Å². The minimum Gasteiger partial charge on any atom is -0.388 e. The molecule has 156 valence electrons. The summed E-state index contributed by atoms with van der Waals surface area (Å²) in [6, 6.07) is 29.3. The van der Waals surface area contributed by atoms with Gasteiger partial charge in [0.15, 0.2) is 6.29 Å². The highest BCUT2D eigenvalue weighted by molar-refractivity contribution is 5.52. The first-order valence-electron chi connectivity index (χ1n) is 9.99. The number of rotatable bonds is 5. The van der Waals surface area contributed by atoms with Crippen molar-refractivity contribution >= 4 is 0 Å². The molecule has 1 unspecified atom stereocenters. The Hall–Kier alpha value is -2.54. The number of aliphatic hydroxyl groups is 3. The van der Waals surface area contributed by atoms with Crippen LogP contribution in [0.4, 0.5) is 0 Å². The van der Waals surface area contributed by atoms with E-state index in [1.165, 1.54) is 7.11 Å². The number of aliphatic hydroxyl groups excluding tert-OH is 3. The first kappa shape index (κ1) is 20.7. The fraction of sp³-hybridized carbons (Fsp3) is 0.280. The molecule has 1 fully saturated rings. The molecule has 1 aliphatic rings. The van der Waals surface area contributed by atoms with Crippen LogP contribution in [0.3, 0.4) is 0 Å². The van der Waals surface area contributed by atoms with E-state index in [4.69, 9.17) is 9.47 Å². The molecule has 5 heteroatoms. The van der Waals surface area contributed by atoms with E-state index >= 15 is 0 Å². The van der Waals surface area contributed by atoms with Crippen LogP contribution < -0.4 is 0 Å². The highest BCUT2D eigenvalue weighted by Crippen LogP contribution is 2.47. The Morgan fingerprint density at radius 1 is 0.633 bits per heavy atom. The smallest absolute Gasteiger partial charge is 0.186 e. The van der Waals surface area contributed by atoms with Gasteiger partial charge >= 0.3 is 0 Å². The van der Waals surface area contributed by atoms with E-state index in [-0.39, 0.29) is 0 Å². The highest BCUT2D eigenvalue weighted by atomic mass is 16.7. The molecule has 0 amide bonds. The summed E-state index contributed by atoms with van der Waals surface area (Å²) in [4.78, 5) is 0. The largest absolute Gasteiger partial charge is 0.388 e. The van der Waals surface area contributed by atoms with Crippen molar-refractivity contribution in [1.82, 2.24) is 0 Å². The predicted molar refractivity (Wildman–Crippen MR) is 113 cm³/mol. The molecule has 3 N–H and O–H groups in total. The lowest BCUT2D eigenvalue weighted by Gasteiger charge is -2.50. The molecule has 0 bridgehead atoms. The molecular formula is C25H26O5. The molecule has 3 aromatic rings. The second-order valence-corrected chi connectivity index (χ2v) is 7.54. The second-order valence-electron chi connectivity index (χ2n) is 7.54. The summed E-state index contributed by atoms with van der Waals surface area (Å²) in [5, 5.41) is 32.2. The van der Waals surface area contributed by atoms with Crippen molar-refractivity contribution < 1.29 is 24.8 Å². The fourth-order valence-electron chi connectivity index (χ4n) is 4.50. The molecular weight excluding hydrogens is 380 g/mol. The SMILES string of the molecule is CO[C@H]1OC(C(c2ccccc2)(c2ccccc2)c2ccccc2)[C@@H](O)[C@@H](O)[C@@H]1O. The minimum absolute atomic E-state index is 0.893. The molecule has 1 aliphatic heterocycles. The average Bonchev–Trinajstić information content (AvgIpc) is 2.81. The summed E-state index contributed by atoms with van der Waals surface area (Å²) in [6.07, 6.45) is -6.14. The van der Waals surface area contributed by atoms with E-state index in [9.17, 15) is 15.3 Å². The Bertz CT molecular complexity index is 833. The van der Waals surface area contributed by atoms with Crippen molar-refractivity contribution in [1.29, 1.82) is 0 Å². The number of hydrogen-bond acceptors (Lipinski definition) is 5. The van der Waals surface area contributed by atoms with Crippen molar-refractivity contribution in [3.05, 3.63) is 108 Å². The first-order chi connectivity index (χ1) is 14.6. The van der Waals surface area contributed by atoms with Crippen LogP contribution in [0.15, 0.2) is 91.0 Å². The van der Waals surface area contributed by atoms with Gasteiger partial charge in [0.25, 0.3) is 0 Å². The minimum atomic E-state index is -1.43. The van der Waals surface area contributed by atoms with E-state index in [2.05, 4.69) is 0 Å². The van der Waals surface area contributed by atoms with Crippen LogP contribution in [0.25, 0.3) is 0 Å².